The van der Waals surface area contributed by atoms with Gasteiger partial charge in [-0.05, 0) is 43.1 Å². The van der Waals surface area contributed by atoms with Crippen LogP contribution in [0.2, 0.25) is 0 Å². The van der Waals surface area contributed by atoms with Crippen molar-refractivity contribution in [3.05, 3.63) is 0 Å². The molecule has 0 atom stereocenters. The summed E-state index contributed by atoms with van der Waals surface area (Å²) < 4.78 is 0. The van der Waals surface area contributed by atoms with Gasteiger partial charge >= 0.3 is 0 Å². The van der Waals surface area contributed by atoms with Crippen LogP contribution < -0.4 is 5.73 Å². The van der Waals surface area contributed by atoms with E-state index in [4.69, 9.17) is 5.73 Å². The van der Waals surface area contributed by atoms with E-state index in [0.717, 1.165) is 38.6 Å². The Morgan fingerprint density at radius 1 is 1.10 bits per heavy atom. The molecular formula is C17H36N4. The Labute approximate surface area is 131 Å². The van der Waals surface area contributed by atoms with Gasteiger partial charge in [-0.2, -0.15) is 0 Å². The van der Waals surface area contributed by atoms with Gasteiger partial charge in [-0.1, -0.05) is 27.7 Å². The molecular weight excluding hydrogens is 260 g/mol. The standard InChI is InChI=1S/C17H36N4/c1-16(2,14-17(3,4)9-10-18)8-7-11-21-13-12-20(6)15(21)19-5/h7-14,18H2,1-6H3. The van der Waals surface area contributed by atoms with E-state index in [2.05, 4.69) is 49.5 Å². The van der Waals surface area contributed by atoms with Crippen LogP contribution in [0, 0.1) is 10.8 Å². The summed E-state index contributed by atoms with van der Waals surface area (Å²) >= 11 is 0. The normalized spacial score (nSPS) is 18.9. The monoisotopic (exact) mass is 296 g/mol. The van der Waals surface area contributed by atoms with Gasteiger partial charge in [0.15, 0.2) is 5.96 Å². The third-order valence-electron chi connectivity index (χ3n) is 4.59. The number of guanidine groups is 1. The van der Waals surface area contributed by atoms with Crippen LogP contribution in [0.3, 0.4) is 0 Å². The minimum atomic E-state index is 0.349. The maximum atomic E-state index is 5.74. The highest BCUT2D eigenvalue weighted by Gasteiger charge is 2.29. The second-order valence-electron chi connectivity index (χ2n) is 8.08. The average Bonchev–Trinajstić information content (AvgIpc) is 2.68. The van der Waals surface area contributed by atoms with Crippen LogP contribution in [0.15, 0.2) is 4.99 Å². The molecule has 0 aromatic rings. The molecule has 0 bridgehead atoms. The van der Waals surface area contributed by atoms with Crippen LogP contribution in [0.4, 0.5) is 0 Å². The van der Waals surface area contributed by atoms with E-state index in [1.54, 1.807) is 0 Å². The van der Waals surface area contributed by atoms with Crippen LogP contribution >= 0.6 is 0 Å². The zero-order valence-corrected chi connectivity index (χ0v) is 15.1. The number of likely N-dealkylation sites (N-methyl/N-ethyl adjacent to an activating group) is 1. The maximum absolute atomic E-state index is 5.74. The molecule has 124 valence electrons. The van der Waals surface area contributed by atoms with E-state index in [1.165, 1.54) is 19.3 Å². The van der Waals surface area contributed by atoms with Crippen LogP contribution in [0.25, 0.3) is 0 Å². The first-order valence-electron chi connectivity index (χ1n) is 8.34. The summed E-state index contributed by atoms with van der Waals surface area (Å²) in [6, 6.07) is 0. The Morgan fingerprint density at radius 3 is 2.29 bits per heavy atom. The Hall–Kier alpha value is -0.770. The lowest BCUT2D eigenvalue weighted by atomic mass is 9.71. The minimum absolute atomic E-state index is 0.349. The average molecular weight is 297 g/mol. The molecule has 1 rings (SSSR count). The van der Waals surface area contributed by atoms with Crippen LogP contribution in [0.5, 0.6) is 0 Å². The van der Waals surface area contributed by atoms with Crippen molar-refractivity contribution in [3.63, 3.8) is 0 Å². The van der Waals surface area contributed by atoms with Crippen molar-refractivity contribution < 1.29 is 0 Å². The number of aliphatic imine (C=N–C) groups is 1. The molecule has 1 heterocycles. The molecule has 0 aliphatic carbocycles. The Morgan fingerprint density at radius 2 is 1.71 bits per heavy atom. The summed E-state index contributed by atoms with van der Waals surface area (Å²) in [6.07, 6.45) is 4.85. The van der Waals surface area contributed by atoms with Crippen molar-refractivity contribution in [1.29, 1.82) is 0 Å². The van der Waals surface area contributed by atoms with E-state index in [-0.39, 0.29) is 0 Å². The summed E-state index contributed by atoms with van der Waals surface area (Å²) in [4.78, 5) is 9.07. The molecule has 1 aliphatic rings. The number of hydrogen-bond donors (Lipinski definition) is 1. The minimum Gasteiger partial charge on any atom is -0.344 e. The largest absolute Gasteiger partial charge is 0.344 e. The smallest absolute Gasteiger partial charge is 0.196 e. The zero-order chi connectivity index (χ0) is 16.1. The Kier molecular flexibility index (Phi) is 6.51. The van der Waals surface area contributed by atoms with Gasteiger partial charge < -0.3 is 15.5 Å². The highest BCUT2D eigenvalue weighted by molar-refractivity contribution is 5.81. The lowest BCUT2D eigenvalue weighted by Gasteiger charge is -2.35. The van der Waals surface area contributed by atoms with Crippen molar-refractivity contribution in [2.75, 3.05) is 40.3 Å². The van der Waals surface area contributed by atoms with Gasteiger partial charge in [0.25, 0.3) is 0 Å². The Balaban J connectivity index is 2.40. The topological polar surface area (TPSA) is 44.9 Å². The molecule has 1 fully saturated rings. The lowest BCUT2D eigenvalue weighted by molar-refractivity contribution is 0.168. The molecule has 4 nitrogen and oxygen atoms in total. The highest BCUT2D eigenvalue weighted by atomic mass is 15.4. The summed E-state index contributed by atoms with van der Waals surface area (Å²) in [6.45, 7) is 13.6. The zero-order valence-electron chi connectivity index (χ0n) is 15.1. The fourth-order valence-electron chi connectivity index (χ4n) is 3.85. The van der Waals surface area contributed by atoms with E-state index in [0.29, 0.717) is 10.8 Å². The van der Waals surface area contributed by atoms with Crippen molar-refractivity contribution >= 4 is 5.96 Å². The van der Waals surface area contributed by atoms with E-state index >= 15 is 0 Å². The predicted molar refractivity (Wildman–Crippen MR) is 92.6 cm³/mol. The molecule has 2 N–H and O–H groups in total. The first-order valence-corrected chi connectivity index (χ1v) is 8.34. The molecule has 21 heavy (non-hydrogen) atoms. The van der Waals surface area contributed by atoms with Crippen molar-refractivity contribution in [2.24, 2.45) is 21.6 Å². The molecule has 1 aliphatic heterocycles. The number of nitrogens with two attached hydrogens (primary N) is 1. The summed E-state index contributed by atoms with van der Waals surface area (Å²) in [5.74, 6) is 1.15. The molecule has 0 amide bonds. The predicted octanol–water partition coefficient (Wildman–Crippen LogP) is 2.79. The fourth-order valence-corrected chi connectivity index (χ4v) is 3.85. The van der Waals surface area contributed by atoms with Gasteiger partial charge in [0.1, 0.15) is 0 Å². The third kappa shape index (κ3) is 5.85. The lowest BCUT2D eigenvalue weighted by Crippen LogP contribution is -2.33. The van der Waals surface area contributed by atoms with Crippen LogP contribution in [-0.4, -0.2) is 56.0 Å². The van der Waals surface area contributed by atoms with Gasteiger partial charge in [0, 0.05) is 33.7 Å². The molecule has 1 saturated heterocycles. The quantitative estimate of drug-likeness (QED) is 0.749. The van der Waals surface area contributed by atoms with Gasteiger partial charge in [0.05, 0.1) is 0 Å². The van der Waals surface area contributed by atoms with E-state index in [1.807, 2.05) is 7.05 Å². The van der Waals surface area contributed by atoms with Gasteiger partial charge in [-0.15, -0.1) is 0 Å². The molecule has 4 heteroatoms. The highest BCUT2D eigenvalue weighted by Crippen LogP contribution is 2.38. The summed E-state index contributed by atoms with van der Waals surface area (Å²) in [5, 5.41) is 0. The SMILES string of the molecule is CN=C1N(C)CCN1CCCC(C)(C)CC(C)(C)CCN. The van der Waals surface area contributed by atoms with Gasteiger partial charge in [0.2, 0.25) is 0 Å². The number of nitrogens with zero attached hydrogens (tertiary/aromatic N) is 3. The van der Waals surface area contributed by atoms with E-state index < -0.39 is 0 Å². The third-order valence-corrected chi connectivity index (χ3v) is 4.59. The van der Waals surface area contributed by atoms with Crippen LogP contribution in [0.1, 0.15) is 53.4 Å². The van der Waals surface area contributed by atoms with Crippen molar-refractivity contribution in [2.45, 2.75) is 53.4 Å². The fraction of sp³-hybridized carbons (Fsp3) is 0.941. The first-order chi connectivity index (χ1) is 9.71. The summed E-state index contributed by atoms with van der Waals surface area (Å²) in [7, 11) is 4.02. The molecule has 0 aromatic heterocycles. The number of rotatable bonds is 8. The summed E-state index contributed by atoms with van der Waals surface area (Å²) in [5.41, 5.74) is 6.47. The van der Waals surface area contributed by atoms with Crippen LogP contribution in [-0.2, 0) is 0 Å². The molecule has 0 spiro atoms. The van der Waals surface area contributed by atoms with Crippen molar-refractivity contribution in [3.8, 4) is 0 Å². The first kappa shape index (κ1) is 18.3. The molecule has 0 unspecified atom stereocenters. The molecule has 0 saturated carbocycles. The number of hydrogen-bond acceptors (Lipinski definition) is 2. The molecule has 0 radical (unpaired) electrons. The van der Waals surface area contributed by atoms with Crippen molar-refractivity contribution in [1.82, 2.24) is 9.80 Å². The second kappa shape index (κ2) is 7.48. The second-order valence-corrected chi connectivity index (χ2v) is 8.08. The molecule has 0 aromatic carbocycles. The Bertz CT molecular complexity index is 347. The van der Waals surface area contributed by atoms with Gasteiger partial charge in [-0.25, -0.2) is 0 Å². The van der Waals surface area contributed by atoms with Gasteiger partial charge in [-0.3, -0.25) is 4.99 Å². The maximum Gasteiger partial charge on any atom is 0.196 e. The van der Waals surface area contributed by atoms with E-state index in [9.17, 15) is 0 Å².